The molecule has 2 atom stereocenters. The number of nitriles is 1. The topological polar surface area (TPSA) is 65.2 Å². The van der Waals surface area contributed by atoms with Crippen LogP contribution in [0.4, 0.5) is 4.39 Å². The van der Waals surface area contributed by atoms with Crippen molar-refractivity contribution >= 4 is 22.8 Å². The fourth-order valence-electron chi connectivity index (χ4n) is 2.99. The summed E-state index contributed by atoms with van der Waals surface area (Å²) in [5, 5.41) is 12.7. The molecule has 2 aromatic carbocycles. The Morgan fingerprint density at radius 1 is 1.18 bits per heavy atom. The number of hydrogen-bond donors (Lipinski definition) is 1. The summed E-state index contributed by atoms with van der Waals surface area (Å²) >= 11 is 1.37. The number of hydrogen-bond acceptors (Lipinski definition) is 4. The highest BCUT2D eigenvalue weighted by atomic mass is 32.2. The van der Waals surface area contributed by atoms with Crippen molar-refractivity contribution < 1.29 is 9.18 Å². The van der Waals surface area contributed by atoms with Crippen LogP contribution >= 0.6 is 11.8 Å². The molecule has 2 aromatic rings. The van der Waals surface area contributed by atoms with Gasteiger partial charge in [-0.3, -0.25) is 9.79 Å². The molecule has 0 spiro atoms. The predicted octanol–water partition coefficient (Wildman–Crippen LogP) is 4.82. The Labute approximate surface area is 168 Å². The van der Waals surface area contributed by atoms with E-state index in [2.05, 4.69) is 16.4 Å². The number of nitrogens with one attached hydrogen (secondary N) is 1. The fraction of sp³-hybridized carbons (Fsp3) is 0.318. The molecule has 1 unspecified atom stereocenters. The lowest BCUT2D eigenvalue weighted by Crippen LogP contribution is -2.31. The predicted molar refractivity (Wildman–Crippen MR) is 110 cm³/mol. The maximum atomic E-state index is 13.1. The van der Waals surface area contributed by atoms with Gasteiger partial charge in [-0.05, 0) is 56.5 Å². The normalized spacial score (nSPS) is 22.0. The summed E-state index contributed by atoms with van der Waals surface area (Å²) in [5.74, 6) is -0.419. The SMILES string of the molecule is C[C@H](N=C1NC(=O)C(C)(c2ccc(C(C)(C)C#N)cc2)S1)c1ccc(F)cc1. The second kappa shape index (κ2) is 7.40. The Hall–Kier alpha value is -2.65. The van der Waals surface area contributed by atoms with Gasteiger partial charge in [-0.2, -0.15) is 5.26 Å². The Kier molecular flexibility index (Phi) is 5.31. The van der Waals surface area contributed by atoms with Gasteiger partial charge in [0.25, 0.3) is 0 Å². The van der Waals surface area contributed by atoms with Gasteiger partial charge < -0.3 is 5.32 Å². The molecule has 144 valence electrons. The number of benzene rings is 2. The molecule has 0 radical (unpaired) electrons. The summed E-state index contributed by atoms with van der Waals surface area (Å²) in [6.07, 6.45) is 0. The molecular weight excluding hydrogens is 373 g/mol. The number of carbonyl (C=O) groups excluding carboxylic acids is 1. The summed E-state index contributed by atoms with van der Waals surface area (Å²) in [6, 6.07) is 15.9. The van der Waals surface area contributed by atoms with E-state index in [1.807, 2.05) is 52.0 Å². The lowest BCUT2D eigenvalue weighted by atomic mass is 9.85. The number of nitrogens with zero attached hydrogens (tertiary/aromatic N) is 2. The zero-order valence-corrected chi connectivity index (χ0v) is 17.1. The van der Waals surface area contributed by atoms with Crippen molar-refractivity contribution in [2.24, 2.45) is 4.99 Å². The van der Waals surface area contributed by atoms with Crippen molar-refractivity contribution in [1.82, 2.24) is 5.32 Å². The molecule has 0 saturated carbocycles. The van der Waals surface area contributed by atoms with Crippen molar-refractivity contribution in [2.75, 3.05) is 0 Å². The molecule has 6 heteroatoms. The smallest absolute Gasteiger partial charge is 0.246 e. The Bertz CT molecular complexity index is 961. The van der Waals surface area contributed by atoms with Gasteiger partial charge in [0.1, 0.15) is 10.6 Å². The average molecular weight is 396 g/mol. The lowest BCUT2D eigenvalue weighted by molar-refractivity contribution is -0.121. The minimum Gasteiger partial charge on any atom is -0.304 e. The van der Waals surface area contributed by atoms with Crippen LogP contribution in [0.3, 0.4) is 0 Å². The van der Waals surface area contributed by atoms with E-state index in [0.29, 0.717) is 5.17 Å². The molecule has 4 nitrogen and oxygen atoms in total. The quantitative estimate of drug-likeness (QED) is 0.807. The third-order valence-corrected chi connectivity index (χ3v) is 6.28. The van der Waals surface area contributed by atoms with Crippen molar-refractivity contribution in [1.29, 1.82) is 5.26 Å². The number of carbonyl (C=O) groups is 1. The van der Waals surface area contributed by atoms with Gasteiger partial charge in [-0.1, -0.05) is 48.2 Å². The third-order valence-electron chi connectivity index (χ3n) is 5.05. The molecule has 1 saturated heterocycles. The summed E-state index contributed by atoms with van der Waals surface area (Å²) in [7, 11) is 0. The monoisotopic (exact) mass is 395 g/mol. The van der Waals surface area contributed by atoms with E-state index in [1.165, 1.54) is 23.9 Å². The van der Waals surface area contributed by atoms with E-state index in [0.717, 1.165) is 16.7 Å². The first-order valence-corrected chi connectivity index (χ1v) is 9.83. The van der Waals surface area contributed by atoms with Crippen molar-refractivity contribution in [2.45, 2.75) is 43.9 Å². The lowest BCUT2D eigenvalue weighted by Gasteiger charge is -2.21. The summed E-state index contributed by atoms with van der Waals surface area (Å²) in [5.41, 5.74) is 2.05. The molecule has 0 bridgehead atoms. The van der Waals surface area contributed by atoms with Crippen LogP contribution in [0.2, 0.25) is 0 Å². The van der Waals surface area contributed by atoms with Gasteiger partial charge in [0.05, 0.1) is 17.5 Å². The minimum atomic E-state index is -0.795. The average Bonchev–Trinajstić information content (AvgIpc) is 2.96. The third kappa shape index (κ3) is 3.81. The molecule has 0 aromatic heterocycles. The Morgan fingerprint density at radius 2 is 1.79 bits per heavy atom. The maximum Gasteiger partial charge on any atom is 0.246 e. The highest BCUT2D eigenvalue weighted by Gasteiger charge is 2.44. The van der Waals surface area contributed by atoms with Gasteiger partial charge >= 0.3 is 0 Å². The van der Waals surface area contributed by atoms with E-state index in [9.17, 15) is 14.4 Å². The first-order chi connectivity index (χ1) is 13.2. The Balaban J connectivity index is 1.83. The molecule has 1 aliphatic rings. The van der Waals surface area contributed by atoms with Crippen LogP contribution in [-0.2, 0) is 15.0 Å². The van der Waals surface area contributed by atoms with E-state index < -0.39 is 10.2 Å². The van der Waals surface area contributed by atoms with E-state index in [4.69, 9.17) is 0 Å². The van der Waals surface area contributed by atoms with E-state index in [-0.39, 0.29) is 17.8 Å². The molecular formula is C22H22FN3OS. The van der Waals surface area contributed by atoms with Crippen LogP contribution in [0.5, 0.6) is 0 Å². The molecule has 1 aliphatic heterocycles. The largest absolute Gasteiger partial charge is 0.304 e. The van der Waals surface area contributed by atoms with Crippen LogP contribution in [0, 0.1) is 17.1 Å². The second-order valence-corrected chi connectivity index (χ2v) is 8.97. The fourth-order valence-corrected chi connectivity index (χ4v) is 4.13. The number of rotatable bonds is 4. The first kappa shape index (κ1) is 20.1. The number of amides is 1. The summed E-state index contributed by atoms with van der Waals surface area (Å²) in [4.78, 5) is 17.3. The molecule has 1 amide bonds. The highest BCUT2D eigenvalue weighted by molar-refractivity contribution is 8.15. The van der Waals surface area contributed by atoms with Gasteiger partial charge in [-0.25, -0.2) is 4.39 Å². The van der Waals surface area contributed by atoms with Gasteiger partial charge in [0, 0.05) is 0 Å². The van der Waals surface area contributed by atoms with Crippen molar-refractivity contribution in [3.05, 3.63) is 71.0 Å². The molecule has 1 heterocycles. The molecule has 28 heavy (non-hydrogen) atoms. The number of thioether (sulfide) groups is 1. The zero-order chi connectivity index (χ0) is 20.5. The molecule has 3 rings (SSSR count). The first-order valence-electron chi connectivity index (χ1n) is 9.02. The summed E-state index contributed by atoms with van der Waals surface area (Å²) < 4.78 is 12.3. The Morgan fingerprint density at radius 3 is 2.36 bits per heavy atom. The highest BCUT2D eigenvalue weighted by Crippen LogP contribution is 2.42. The van der Waals surface area contributed by atoms with Crippen LogP contribution < -0.4 is 5.32 Å². The van der Waals surface area contributed by atoms with Crippen LogP contribution in [0.15, 0.2) is 53.5 Å². The second-order valence-electron chi connectivity index (χ2n) is 7.57. The van der Waals surface area contributed by atoms with Crippen molar-refractivity contribution in [3.63, 3.8) is 0 Å². The zero-order valence-electron chi connectivity index (χ0n) is 16.3. The van der Waals surface area contributed by atoms with Crippen molar-refractivity contribution in [3.8, 4) is 6.07 Å². The van der Waals surface area contributed by atoms with Crippen LogP contribution in [0.1, 0.15) is 50.4 Å². The van der Waals surface area contributed by atoms with Crippen LogP contribution in [-0.4, -0.2) is 11.1 Å². The van der Waals surface area contributed by atoms with Crippen LogP contribution in [0.25, 0.3) is 0 Å². The number of aliphatic imine (C=N–C) groups is 1. The number of amidine groups is 1. The van der Waals surface area contributed by atoms with Gasteiger partial charge in [-0.15, -0.1) is 0 Å². The molecule has 1 fully saturated rings. The summed E-state index contributed by atoms with van der Waals surface area (Å²) in [6.45, 7) is 7.49. The maximum absolute atomic E-state index is 13.1. The van der Waals surface area contributed by atoms with E-state index in [1.54, 1.807) is 12.1 Å². The molecule has 0 aliphatic carbocycles. The van der Waals surface area contributed by atoms with E-state index >= 15 is 0 Å². The number of halogens is 1. The molecule has 1 N–H and O–H groups in total. The minimum absolute atomic E-state index is 0.130. The van der Waals surface area contributed by atoms with Gasteiger partial charge in [0.2, 0.25) is 5.91 Å². The van der Waals surface area contributed by atoms with Gasteiger partial charge in [0.15, 0.2) is 5.17 Å². The standard InChI is InChI=1S/C22H22FN3OS/c1-14(15-5-11-18(23)12-6-15)25-20-26-19(27)22(4,28-20)17-9-7-16(8-10-17)21(2,3)13-24/h5-12,14H,1-4H3,(H,25,26,27)/t14-,22?/m0/s1.